The lowest BCUT2D eigenvalue weighted by Crippen LogP contribution is -2.49. The lowest BCUT2D eigenvalue weighted by Gasteiger charge is -2.36. The molecule has 0 bridgehead atoms. The van der Waals surface area contributed by atoms with Crippen LogP contribution in [0.1, 0.15) is 37.0 Å². The predicted molar refractivity (Wildman–Crippen MR) is 103 cm³/mol. The minimum Gasteiger partial charge on any atom is -0.455 e. The van der Waals surface area contributed by atoms with E-state index in [1.807, 2.05) is 49.6 Å². The van der Waals surface area contributed by atoms with Crippen LogP contribution in [0, 0.1) is 0 Å². The number of aromatic nitrogens is 2. The van der Waals surface area contributed by atoms with Crippen molar-refractivity contribution in [3.05, 3.63) is 42.0 Å². The number of nitrogens with zero attached hydrogens (tertiary/aromatic N) is 4. The van der Waals surface area contributed by atoms with Gasteiger partial charge in [-0.2, -0.15) is 0 Å². The summed E-state index contributed by atoms with van der Waals surface area (Å²) in [5.41, 5.74) is 1.87. The molecule has 0 saturated carbocycles. The number of imidazole rings is 1. The van der Waals surface area contributed by atoms with Crippen LogP contribution in [0.25, 0.3) is 5.69 Å². The Morgan fingerprint density at radius 1 is 1.11 bits per heavy atom. The standard InChI is InChI=1S/C20H24N4O4/c1-20(2,3)28-18(25)17-16-12-23(19(26)22-8-10-27-11-9-22)14-6-4-5-7-15(14)24(16)13-21-17/h4-7,13H,8-12H2,1-3H3. The normalized spacial score (nSPS) is 16.4. The zero-order valence-corrected chi connectivity index (χ0v) is 16.3. The van der Waals surface area contributed by atoms with Crippen molar-refractivity contribution in [2.24, 2.45) is 0 Å². The van der Waals surface area contributed by atoms with Crippen LogP contribution in [0.3, 0.4) is 0 Å². The Hall–Kier alpha value is -2.87. The van der Waals surface area contributed by atoms with E-state index in [2.05, 4.69) is 4.98 Å². The van der Waals surface area contributed by atoms with E-state index < -0.39 is 11.6 Å². The SMILES string of the molecule is CC(C)(C)OC(=O)c1ncn2c1CN(C(=O)N1CCOCC1)c1ccccc1-2. The van der Waals surface area contributed by atoms with E-state index in [0.29, 0.717) is 32.0 Å². The van der Waals surface area contributed by atoms with Gasteiger partial charge in [-0.05, 0) is 32.9 Å². The highest BCUT2D eigenvalue weighted by atomic mass is 16.6. The molecule has 0 radical (unpaired) electrons. The van der Waals surface area contributed by atoms with Crippen LogP contribution in [0.5, 0.6) is 0 Å². The zero-order chi connectivity index (χ0) is 19.9. The van der Waals surface area contributed by atoms with Crippen LogP contribution in [-0.2, 0) is 16.0 Å². The fourth-order valence-electron chi connectivity index (χ4n) is 3.46. The van der Waals surface area contributed by atoms with Gasteiger partial charge in [-0.3, -0.25) is 9.47 Å². The van der Waals surface area contributed by atoms with Gasteiger partial charge in [0.25, 0.3) is 0 Å². The maximum absolute atomic E-state index is 13.2. The minimum atomic E-state index is -0.622. The van der Waals surface area contributed by atoms with Crippen LogP contribution in [0.15, 0.2) is 30.6 Å². The molecule has 0 aliphatic carbocycles. The first-order chi connectivity index (χ1) is 13.3. The van der Waals surface area contributed by atoms with Crippen molar-refractivity contribution >= 4 is 17.7 Å². The summed E-state index contributed by atoms with van der Waals surface area (Å²) in [5, 5.41) is 0. The van der Waals surface area contributed by atoms with Crippen LogP contribution >= 0.6 is 0 Å². The Morgan fingerprint density at radius 2 is 1.79 bits per heavy atom. The molecule has 8 heteroatoms. The maximum Gasteiger partial charge on any atom is 0.359 e. The fourth-order valence-corrected chi connectivity index (χ4v) is 3.46. The summed E-state index contributed by atoms with van der Waals surface area (Å²) in [6.45, 7) is 7.86. The summed E-state index contributed by atoms with van der Waals surface area (Å²) in [5.74, 6) is -0.487. The van der Waals surface area contributed by atoms with Gasteiger partial charge in [-0.1, -0.05) is 12.1 Å². The van der Waals surface area contributed by atoms with E-state index in [0.717, 1.165) is 11.4 Å². The molecule has 1 aromatic heterocycles. The van der Waals surface area contributed by atoms with Gasteiger partial charge in [0.05, 0.1) is 36.8 Å². The van der Waals surface area contributed by atoms with Crippen molar-refractivity contribution in [3.8, 4) is 5.69 Å². The number of urea groups is 1. The monoisotopic (exact) mass is 384 g/mol. The van der Waals surface area contributed by atoms with Gasteiger partial charge >= 0.3 is 12.0 Å². The van der Waals surface area contributed by atoms with Crippen molar-refractivity contribution in [2.45, 2.75) is 32.9 Å². The number of carbonyl (C=O) groups is 2. The summed E-state index contributed by atoms with van der Waals surface area (Å²) >= 11 is 0. The number of carbonyl (C=O) groups excluding carboxylic acids is 2. The van der Waals surface area contributed by atoms with Gasteiger partial charge < -0.3 is 14.4 Å². The third-order valence-electron chi connectivity index (χ3n) is 4.71. The molecule has 2 aliphatic heterocycles. The molecule has 4 rings (SSSR count). The molecule has 1 aromatic carbocycles. The summed E-state index contributed by atoms with van der Waals surface area (Å²) < 4.78 is 12.7. The Morgan fingerprint density at radius 3 is 2.46 bits per heavy atom. The van der Waals surface area contributed by atoms with Crippen LogP contribution in [-0.4, -0.2) is 58.4 Å². The minimum absolute atomic E-state index is 0.0988. The van der Waals surface area contributed by atoms with Gasteiger partial charge in [0.1, 0.15) is 11.9 Å². The number of benzene rings is 1. The number of esters is 1. The predicted octanol–water partition coefficient (Wildman–Crippen LogP) is 2.60. The second-order valence-electron chi connectivity index (χ2n) is 7.87. The average Bonchev–Trinajstić information content (AvgIpc) is 3.10. The lowest BCUT2D eigenvalue weighted by atomic mass is 10.1. The molecule has 1 saturated heterocycles. The van der Waals surface area contributed by atoms with Crippen molar-refractivity contribution in [1.29, 1.82) is 0 Å². The first kappa shape index (κ1) is 18.5. The van der Waals surface area contributed by atoms with E-state index >= 15 is 0 Å². The van der Waals surface area contributed by atoms with Crippen molar-refractivity contribution in [1.82, 2.24) is 14.5 Å². The van der Waals surface area contributed by atoms with E-state index in [9.17, 15) is 9.59 Å². The van der Waals surface area contributed by atoms with E-state index in [1.54, 1.807) is 16.1 Å². The number of anilines is 1. The van der Waals surface area contributed by atoms with Gasteiger partial charge in [-0.25, -0.2) is 14.6 Å². The topological polar surface area (TPSA) is 76.9 Å². The fraction of sp³-hybridized carbons (Fsp3) is 0.450. The van der Waals surface area contributed by atoms with Crippen molar-refractivity contribution in [3.63, 3.8) is 0 Å². The summed E-state index contributed by atoms with van der Waals surface area (Å²) in [6.07, 6.45) is 1.62. The number of rotatable bonds is 1. The number of ether oxygens (including phenoxy) is 2. The molecule has 2 aromatic rings. The zero-order valence-electron chi connectivity index (χ0n) is 16.3. The Balaban J connectivity index is 1.72. The van der Waals surface area contributed by atoms with Crippen LogP contribution in [0.2, 0.25) is 0 Å². The summed E-state index contributed by atoms with van der Waals surface area (Å²) in [4.78, 5) is 33.6. The first-order valence-electron chi connectivity index (χ1n) is 9.38. The second-order valence-corrected chi connectivity index (χ2v) is 7.87. The number of fused-ring (bicyclic) bond motifs is 3. The largest absolute Gasteiger partial charge is 0.455 e. The maximum atomic E-state index is 13.2. The quantitative estimate of drug-likeness (QED) is 0.707. The van der Waals surface area contributed by atoms with E-state index in [1.165, 1.54) is 0 Å². The van der Waals surface area contributed by atoms with Gasteiger partial charge in [0.15, 0.2) is 5.69 Å². The van der Waals surface area contributed by atoms with E-state index in [4.69, 9.17) is 9.47 Å². The number of hydrogen-bond donors (Lipinski definition) is 0. The molecular formula is C20H24N4O4. The molecule has 2 aliphatic rings. The molecule has 8 nitrogen and oxygen atoms in total. The third kappa shape index (κ3) is 3.35. The molecular weight excluding hydrogens is 360 g/mol. The molecule has 0 unspecified atom stereocenters. The van der Waals surface area contributed by atoms with Crippen molar-refractivity contribution in [2.75, 3.05) is 31.2 Å². The molecule has 28 heavy (non-hydrogen) atoms. The van der Waals surface area contributed by atoms with Crippen LogP contribution < -0.4 is 4.90 Å². The number of morpholine rings is 1. The summed E-state index contributed by atoms with van der Waals surface area (Å²) in [6, 6.07) is 7.52. The number of amides is 2. The molecule has 0 N–H and O–H groups in total. The highest BCUT2D eigenvalue weighted by Crippen LogP contribution is 2.34. The second kappa shape index (κ2) is 6.94. The Labute approximate surface area is 163 Å². The Bertz CT molecular complexity index is 909. The highest BCUT2D eigenvalue weighted by molar-refractivity contribution is 5.96. The van der Waals surface area contributed by atoms with Crippen LogP contribution in [0.4, 0.5) is 10.5 Å². The number of para-hydroxylation sites is 2. The van der Waals surface area contributed by atoms with Gasteiger partial charge in [-0.15, -0.1) is 0 Å². The van der Waals surface area contributed by atoms with Crippen molar-refractivity contribution < 1.29 is 19.1 Å². The first-order valence-corrected chi connectivity index (χ1v) is 9.38. The highest BCUT2D eigenvalue weighted by Gasteiger charge is 2.34. The van der Waals surface area contributed by atoms with Gasteiger partial charge in [0, 0.05) is 13.1 Å². The molecule has 148 valence electrons. The molecule has 3 heterocycles. The average molecular weight is 384 g/mol. The molecule has 1 fully saturated rings. The Kier molecular flexibility index (Phi) is 4.58. The number of hydrogen-bond acceptors (Lipinski definition) is 5. The molecule has 2 amide bonds. The lowest BCUT2D eigenvalue weighted by molar-refractivity contribution is 0.00619. The van der Waals surface area contributed by atoms with E-state index in [-0.39, 0.29) is 18.3 Å². The molecule has 0 spiro atoms. The third-order valence-corrected chi connectivity index (χ3v) is 4.71. The smallest absolute Gasteiger partial charge is 0.359 e. The molecule has 0 atom stereocenters. The summed E-state index contributed by atoms with van der Waals surface area (Å²) in [7, 11) is 0. The van der Waals surface area contributed by atoms with Gasteiger partial charge in [0.2, 0.25) is 0 Å².